The van der Waals surface area contributed by atoms with E-state index in [0.717, 1.165) is 48.5 Å². The van der Waals surface area contributed by atoms with Gasteiger partial charge in [0.15, 0.2) is 0 Å². The number of nitrogens with one attached hydrogen (secondary N) is 1. The Labute approximate surface area is 129 Å². The van der Waals surface area contributed by atoms with Crippen LogP contribution in [0.15, 0.2) is 12.4 Å². The summed E-state index contributed by atoms with van der Waals surface area (Å²) >= 11 is 1.11. The van der Waals surface area contributed by atoms with Crippen molar-refractivity contribution in [3.8, 4) is 0 Å². The Kier molecular flexibility index (Phi) is 3.26. The number of thiophene rings is 1. The Morgan fingerprint density at radius 2 is 2.18 bits per heavy atom. The highest BCUT2D eigenvalue weighted by Gasteiger charge is 2.39. The lowest BCUT2D eigenvalue weighted by Crippen LogP contribution is -2.34. The molecule has 2 unspecified atom stereocenters. The maximum atomic E-state index is 12.6. The highest BCUT2D eigenvalue weighted by Crippen LogP contribution is 2.37. The van der Waals surface area contributed by atoms with Gasteiger partial charge in [-0.05, 0) is 25.5 Å². The molecule has 2 aliphatic heterocycles. The van der Waals surface area contributed by atoms with Crippen LogP contribution in [0.2, 0.25) is 0 Å². The topological polar surface area (TPSA) is 41.0 Å². The molecule has 0 aliphatic carbocycles. The number of alkyl halides is 3. The predicted octanol–water partition coefficient (Wildman–Crippen LogP) is 2.74. The average molecular weight is 328 g/mol. The third kappa shape index (κ3) is 2.44. The molecule has 4 heterocycles. The van der Waals surface area contributed by atoms with Crippen LogP contribution in [0.4, 0.5) is 19.0 Å². The van der Waals surface area contributed by atoms with Gasteiger partial charge in [0.25, 0.3) is 0 Å². The Balaban J connectivity index is 1.72. The van der Waals surface area contributed by atoms with Crippen molar-refractivity contribution in [2.45, 2.75) is 37.5 Å². The third-order valence-corrected chi connectivity index (χ3v) is 5.44. The number of aromatic nitrogens is 2. The van der Waals surface area contributed by atoms with E-state index >= 15 is 0 Å². The molecule has 8 heteroatoms. The third-order valence-electron chi connectivity index (χ3n) is 4.40. The highest BCUT2D eigenvalue weighted by molar-refractivity contribution is 7.18. The average Bonchev–Trinajstić information content (AvgIpc) is 3.09. The fraction of sp³-hybridized carbons (Fsp3) is 0.571. The molecule has 2 aromatic rings. The van der Waals surface area contributed by atoms with Crippen LogP contribution in [0.3, 0.4) is 0 Å². The van der Waals surface area contributed by atoms with E-state index in [4.69, 9.17) is 0 Å². The summed E-state index contributed by atoms with van der Waals surface area (Å²) < 4.78 is 37.8. The zero-order chi connectivity index (χ0) is 15.3. The number of hydrogen-bond donors (Lipinski definition) is 1. The maximum Gasteiger partial charge on any atom is 0.393 e. The van der Waals surface area contributed by atoms with Gasteiger partial charge in [0.2, 0.25) is 0 Å². The van der Waals surface area contributed by atoms with Crippen molar-refractivity contribution in [1.82, 2.24) is 15.3 Å². The molecule has 2 aromatic heterocycles. The molecule has 118 valence electrons. The lowest BCUT2D eigenvalue weighted by atomic mass is 10.1. The summed E-state index contributed by atoms with van der Waals surface area (Å²) in [6.45, 7) is 1.88. The summed E-state index contributed by atoms with van der Waals surface area (Å²) in [4.78, 5) is 11.7. The fourth-order valence-corrected chi connectivity index (χ4v) is 4.56. The van der Waals surface area contributed by atoms with Gasteiger partial charge in [0.05, 0.1) is 11.8 Å². The number of anilines is 1. The van der Waals surface area contributed by atoms with Gasteiger partial charge in [0.1, 0.15) is 17.0 Å². The van der Waals surface area contributed by atoms with E-state index in [9.17, 15) is 13.2 Å². The van der Waals surface area contributed by atoms with Gasteiger partial charge >= 0.3 is 6.18 Å². The minimum Gasteiger partial charge on any atom is -0.351 e. The highest BCUT2D eigenvalue weighted by atomic mass is 32.1. The molecule has 2 aliphatic rings. The number of nitrogens with zero attached hydrogens (tertiary/aromatic N) is 3. The van der Waals surface area contributed by atoms with E-state index < -0.39 is 12.6 Å². The van der Waals surface area contributed by atoms with Crippen LogP contribution < -0.4 is 10.2 Å². The van der Waals surface area contributed by atoms with E-state index in [0.29, 0.717) is 21.8 Å². The van der Waals surface area contributed by atoms with E-state index in [2.05, 4.69) is 20.2 Å². The standard InChI is InChI=1S/C14H15F3N4S/c15-14(16,17)6-8-5-9-12(19-7-20-13(9)22-8)21-4-2-10-11(21)1-3-18-10/h5,7,10-11,18H,1-4,6H2. The fourth-order valence-electron chi connectivity index (χ4n) is 3.53. The minimum atomic E-state index is -4.19. The number of hydrogen-bond acceptors (Lipinski definition) is 5. The molecule has 1 N–H and O–H groups in total. The van der Waals surface area contributed by atoms with Crippen LogP contribution in [-0.2, 0) is 6.42 Å². The first kappa shape index (κ1) is 14.2. The maximum absolute atomic E-state index is 12.6. The Hall–Kier alpha value is -1.41. The zero-order valence-corrected chi connectivity index (χ0v) is 12.5. The van der Waals surface area contributed by atoms with Crippen molar-refractivity contribution >= 4 is 27.4 Å². The number of rotatable bonds is 2. The van der Waals surface area contributed by atoms with Crippen LogP contribution in [0.25, 0.3) is 10.2 Å². The van der Waals surface area contributed by atoms with Crippen molar-refractivity contribution in [2.24, 2.45) is 0 Å². The van der Waals surface area contributed by atoms with Crippen molar-refractivity contribution in [3.05, 3.63) is 17.3 Å². The first-order chi connectivity index (χ1) is 10.5. The Morgan fingerprint density at radius 3 is 3.00 bits per heavy atom. The van der Waals surface area contributed by atoms with Crippen LogP contribution in [0.5, 0.6) is 0 Å². The summed E-state index contributed by atoms with van der Waals surface area (Å²) in [5.74, 6) is 0.783. The van der Waals surface area contributed by atoms with Crippen LogP contribution >= 0.6 is 11.3 Å². The second-order valence-corrected chi connectivity index (χ2v) is 6.93. The van der Waals surface area contributed by atoms with Crippen molar-refractivity contribution in [3.63, 3.8) is 0 Å². The monoisotopic (exact) mass is 328 g/mol. The zero-order valence-electron chi connectivity index (χ0n) is 11.7. The summed E-state index contributed by atoms with van der Waals surface area (Å²) in [5.41, 5.74) is 0. The summed E-state index contributed by atoms with van der Waals surface area (Å²) in [6, 6.07) is 2.47. The lowest BCUT2D eigenvalue weighted by Gasteiger charge is -2.24. The molecule has 0 amide bonds. The Morgan fingerprint density at radius 1 is 1.32 bits per heavy atom. The van der Waals surface area contributed by atoms with Gasteiger partial charge in [-0.3, -0.25) is 0 Å². The molecule has 4 rings (SSSR count). The summed E-state index contributed by atoms with van der Waals surface area (Å²) in [6.07, 6.45) is -1.53. The first-order valence-electron chi connectivity index (χ1n) is 7.31. The molecule has 22 heavy (non-hydrogen) atoms. The Bertz CT molecular complexity index is 699. The first-order valence-corrected chi connectivity index (χ1v) is 8.13. The molecular formula is C14H15F3N4S. The molecule has 2 atom stereocenters. The van der Waals surface area contributed by atoms with Gasteiger partial charge in [-0.1, -0.05) is 0 Å². The summed E-state index contributed by atoms with van der Waals surface area (Å²) in [7, 11) is 0. The number of fused-ring (bicyclic) bond motifs is 2. The van der Waals surface area contributed by atoms with Gasteiger partial charge in [-0.2, -0.15) is 13.2 Å². The molecular weight excluding hydrogens is 313 g/mol. The van der Waals surface area contributed by atoms with Crippen molar-refractivity contribution < 1.29 is 13.2 Å². The quantitative estimate of drug-likeness (QED) is 0.920. The molecule has 0 aromatic carbocycles. The SMILES string of the molecule is FC(F)(F)Cc1cc2c(N3CCC4NCCC43)ncnc2s1. The molecule has 0 saturated carbocycles. The minimum absolute atomic E-state index is 0.296. The second kappa shape index (κ2) is 5.06. The molecule has 0 spiro atoms. The van der Waals surface area contributed by atoms with E-state index in [1.807, 2.05) is 0 Å². The lowest BCUT2D eigenvalue weighted by molar-refractivity contribution is -0.126. The van der Waals surface area contributed by atoms with E-state index in [-0.39, 0.29) is 0 Å². The van der Waals surface area contributed by atoms with E-state index in [1.165, 1.54) is 6.33 Å². The van der Waals surface area contributed by atoms with Gasteiger partial charge in [-0.25, -0.2) is 9.97 Å². The number of halogens is 3. The van der Waals surface area contributed by atoms with Crippen LogP contribution in [-0.4, -0.2) is 41.3 Å². The molecule has 2 saturated heterocycles. The molecule has 0 bridgehead atoms. The second-order valence-electron chi connectivity index (χ2n) is 5.82. The van der Waals surface area contributed by atoms with Crippen LogP contribution in [0, 0.1) is 0 Å². The van der Waals surface area contributed by atoms with Gasteiger partial charge in [-0.15, -0.1) is 11.3 Å². The van der Waals surface area contributed by atoms with Crippen molar-refractivity contribution in [2.75, 3.05) is 18.0 Å². The molecule has 2 fully saturated rings. The molecule has 0 radical (unpaired) electrons. The molecule has 4 nitrogen and oxygen atoms in total. The van der Waals surface area contributed by atoms with Gasteiger partial charge in [0, 0.05) is 23.5 Å². The van der Waals surface area contributed by atoms with Crippen LogP contribution in [0.1, 0.15) is 17.7 Å². The van der Waals surface area contributed by atoms with Crippen molar-refractivity contribution in [1.29, 1.82) is 0 Å². The summed E-state index contributed by atoms with van der Waals surface area (Å²) in [5, 5.41) is 4.22. The normalized spacial score (nSPS) is 25.1. The van der Waals surface area contributed by atoms with E-state index in [1.54, 1.807) is 6.07 Å². The smallest absolute Gasteiger partial charge is 0.351 e. The largest absolute Gasteiger partial charge is 0.393 e. The van der Waals surface area contributed by atoms with Gasteiger partial charge < -0.3 is 10.2 Å². The predicted molar refractivity (Wildman–Crippen MR) is 79.3 cm³/mol.